The predicted molar refractivity (Wildman–Crippen MR) is 64.1 cm³/mol. The number of oxime groups is 1. The highest BCUT2D eigenvalue weighted by Gasteiger charge is 2.27. The molecule has 1 unspecified atom stereocenters. The second-order valence-electron chi connectivity index (χ2n) is 4.21. The van der Waals surface area contributed by atoms with Gasteiger partial charge in [-0.15, -0.1) is 0 Å². The van der Waals surface area contributed by atoms with Gasteiger partial charge in [0, 0.05) is 31.4 Å². The van der Waals surface area contributed by atoms with Crippen LogP contribution in [0.5, 0.6) is 0 Å². The van der Waals surface area contributed by atoms with Gasteiger partial charge >= 0.3 is 0 Å². The summed E-state index contributed by atoms with van der Waals surface area (Å²) in [6.07, 6.45) is 6.09. The maximum Gasteiger partial charge on any atom is 0.274 e. The highest BCUT2D eigenvalue weighted by atomic mass is 16.4. The lowest BCUT2D eigenvalue weighted by molar-refractivity contribution is 0.0695. The number of nitrogens with two attached hydrogens (primary N) is 1. The molecule has 0 aromatic carbocycles. The van der Waals surface area contributed by atoms with Crippen LogP contribution in [-0.4, -0.2) is 44.9 Å². The summed E-state index contributed by atoms with van der Waals surface area (Å²) in [6, 6.07) is 0. The lowest BCUT2D eigenvalue weighted by Gasteiger charge is -2.31. The number of carbonyl (C=O) groups excluding carboxylic acids is 1. The Bertz CT molecular complexity index is 448. The SMILES string of the molecule is NC(=NO)C1CCCN(C(=O)c2cnccn2)C1. The van der Waals surface area contributed by atoms with Gasteiger partial charge in [-0.3, -0.25) is 9.78 Å². The van der Waals surface area contributed by atoms with Crippen molar-refractivity contribution in [2.75, 3.05) is 13.1 Å². The van der Waals surface area contributed by atoms with E-state index in [1.54, 1.807) is 4.90 Å². The van der Waals surface area contributed by atoms with Gasteiger partial charge in [0.2, 0.25) is 0 Å². The molecule has 7 nitrogen and oxygen atoms in total. The van der Waals surface area contributed by atoms with Crippen LogP contribution in [0, 0.1) is 5.92 Å². The van der Waals surface area contributed by atoms with E-state index in [0.717, 1.165) is 12.8 Å². The van der Waals surface area contributed by atoms with Gasteiger partial charge in [-0.25, -0.2) is 4.98 Å². The first kappa shape index (κ1) is 12.3. The fourth-order valence-electron chi connectivity index (χ4n) is 2.06. The molecule has 3 N–H and O–H groups in total. The van der Waals surface area contributed by atoms with Gasteiger partial charge in [0.1, 0.15) is 11.5 Å². The van der Waals surface area contributed by atoms with E-state index in [2.05, 4.69) is 15.1 Å². The first-order valence-corrected chi connectivity index (χ1v) is 5.75. The van der Waals surface area contributed by atoms with E-state index >= 15 is 0 Å². The van der Waals surface area contributed by atoms with Crippen LogP contribution in [0.15, 0.2) is 23.7 Å². The number of hydrogen-bond donors (Lipinski definition) is 2. The topological polar surface area (TPSA) is 105 Å². The minimum absolute atomic E-state index is 0.0932. The zero-order valence-electron chi connectivity index (χ0n) is 9.86. The summed E-state index contributed by atoms with van der Waals surface area (Å²) in [4.78, 5) is 21.7. The summed E-state index contributed by atoms with van der Waals surface area (Å²) in [5, 5.41) is 11.7. The quantitative estimate of drug-likeness (QED) is 0.334. The van der Waals surface area contributed by atoms with Crippen LogP contribution in [0.3, 0.4) is 0 Å². The molecule has 7 heteroatoms. The summed E-state index contributed by atoms with van der Waals surface area (Å²) >= 11 is 0. The summed E-state index contributed by atoms with van der Waals surface area (Å²) in [7, 11) is 0. The molecule has 0 aliphatic carbocycles. The molecule has 1 amide bonds. The molecular weight excluding hydrogens is 234 g/mol. The molecule has 1 atom stereocenters. The molecule has 2 rings (SSSR count). The standard InChI is InChI=1S/C11H15N5O2/c12-10(15-18)8-2-1-5-16(7-8)11(17)9-6-13-3-4-14-9/h3-4,6,8,18H,1-2,5,7H2,(H2,12,15). The lowest BCUT2D eigenvalue weighted by Crippen LogP contribution is -2.44. The third kappa shape index (κ3) is 2.55. The van der Waals surface area contributed by atoms with Crippen molar-refractivity contribution in [2.24, 2.45) is 16.8 Å². The Morgan fingerprint density at radius 3 is 3.06 bits per heavy atom. The Labute approximate surface area is 104 Å². The molecule has 96 valence electrons. The Morgan fingerprint density at radius 1 is 1.56 bits per heavy atom. The number of likely N-dealkylation sites (tertiary alicyclic amines) is 1. The average molecular weight is 249 g/mol. The Balaban J connectivity index is 2.08. The average Bonchev–Trinajstić information content (AvgIpc) is 2.46. The zero-order valence-corrected chi connectivity index (χ0v) is 9.86. The van der Waals surface area contributed by atoms with Crippen LogP contribution in [0.2, 0.25) is 0 Å². The Hall–Kier alpha value is -2.18. The van der Waals surface area contributed by atoms with Crippen LogP contribution < -0.4 is 5.73 Å². The number of rotatable bonds is 2. The number of aromatic nitrogens is 2. The smallest absolute Gasteiger partial charge is 0.274 e. The van der Waals surface area contributed by atoms with Crippen LogP contribution in [0.25, 0.3) is 0 Å². The molecule has 18 heavy (non-hydrogen) atoms. The van der Waals surface area contributed by atoms with Gasteiger partial charge in [0.15, 0.2) is 0 Å². The van der Waals surface area contributed by atoms with E-state index in [0.29, 0.717) is 18.8 Å². The number of amidine groups is 1. The Morgan fingerprint density at radius 2 is 2.39 bits per heavy atom. The van der Waals surface area contributed by atoms with Gasteiger partial charge in [0.05, 0.1) is 6.20 Å². The molecule has 1 aromatic heterocycles. The molecule has 1 aliphatic heterocycles. The van der Waals surface area contributed by atoms with Gasteiger partial charge in [-0.05, 0) is 12.8 Å². The molecular formula is C11H15N5O2. The maximum absolute atomic E-state index is 12.1. The highest BCUT2D eigenvalue weighted by Crippen LogP contribution is 2.18. The number of carbonyl (C=O) groups is 1. The highest BCUT2D eigenvalue weighted by molar-refractivity contribution is 5.92. The number of piperidine rings is 1. The van der Waals surface area contributed by atoms with Crippen molar-refractivity contribution in [1.29, 1.82) is 0 Å². The van der Waals surface area contributed by atoms with E-state index in [1.165, 1.54) is 18.6 Å². The van der Waals surface area contributed by atoms with Crippen LogP contribution in [0.1, 0.15) is 23.3 Å². The fourth-order valence-corrected chi connectivity index (χ4v) is 2.06. The normalized spacial score (nSPS) is 20.8. The second-order valence-corrected chi connectivity index (χ2v) is 4.21. The monoisotopic (exact) mass is 249 g/mol. The summed E-state index contributed by atoms with van der Waals surface area (Å²) < 4.78 is 0. The molecule has 0 bridgehead atoms. The van der Waals surface area contributed by atoms with E-state index < -0.39 is 0 Å². The minimum Gasteiger partial charge on any atom is -0.409 e. The third-order valence-corrected chi connectivity index (χ3v) is 3.02. The molecule has 1 aliphatic rings. The zero-order chi connectivity index (χ0) is 13.0. The largest absolute Gasteiger partial charge is 0.409 e. The van der Waals surface area contributed by atoms with Crippen LogP contribution >= 0.6 is 0 Å². The third-order valence-electron chi connectivity index (χ3n) is 3.02. The van der Waals surface area contributed by atoms with Gasteiger partial charge in [-0.1, -0.05) is 5.16 Å². The van der Waals surface area contributed by atoms with Crippen molar-refractivity contribution in [2.45, 2.75) is 12.8 Å². The van der Waals surface area contributed by atoms with E-state index in [9.17, 15) is 4.79 Å². The summed E-state index contributed by atoms with van der Waals surface area (Å²) in [6.45, 7) is 1.11. The number of amides is 1. The Kier molecular flexibility index (Phi) is 3.71. The van der Waals surface area contributed by atoms with Crippen LogP contribution in [-0.2, 0) is 0 Å². The number of hydrogen-bond acceptors (Lipinski definition) is 5. The van der Waals surface area contributed by atoms with Crippen molar-refractivity contribution in [3.8, 4) is 0 Å². The lowest BCUT2D eigenvalue weighted by atomic mass is 9.97. The van der Waals surface area contributed by atoms with Crippen molar-refractivity contribution < 1.29 is 10.0 Å². The van der Waals surface area contributed by atoms with E-state index in [4.69, 9.17) is 10.9 Å². The maximum atomic E-state index is 12.1. The summed E-state index contributed by atoms with van der Waals surface area (Å²) in [5.41, 5.74) is 5.90. The summed E-state index contributed by atoms with van der Waals surface area (Å²) in [5.74, 6) is -0.0884. The van der Waals surface area contributed by atoms with Crippen molar-refractivity contribution in [1.82, 2.24) is 14.9 Å². The first-order chi connectivity index (χ1) is 8.72. The molecule has 0 radical (unpaired) electrons. The second kappa shape index (κ2) is 5.44. The predicted octanol–water partition coefficient (Wildman–Crippen LogP) is 0.0752. The van der Waals surface area contributed by atoms with E-state index in [1.807, 2.05) is 0 Å². The molecule has 1 saturated heterocycles. The molecule has 2 heterocycles. The van der Waals surface area contributed by atoms with Gasteiger partial charge in [0.25, 0.3) is 5.91 Å². The van der Waals surface area contributed by atoms with Crippen molar-refractivity contribution >= 4 is 11.7 Å². The molecule has 0 saturated carbocycles. The van der Waals surface area contributed by atoms with Crippen molar-refractivity contribution in [3.63, 3.8) is 0 Å². The first-order valence-electron chi connectivity index (χ1n) is 5.75. The fraction of sp³-hybridized carbons (Fsp3) is 0.455. The molecule has 1 aromatic rings. The molecule has 0 spiro atoms. The van der Waals surface area contributed by atoms with Crippen LogP contribution in [0.4, 0.5) is 0 Å². The minimum atomic E-state index is -0.168. The van der Waals surface area contributed by atoms with E-state index in [-0.39, 0.29) is 17.7 Å². The molecule has 1 fully saturated rings. The van der Waals surface area contributed by atoms with Crippen molar-refractivity contribution in [3.05, 3.63) is 24.3 Å². The van der Waals surface area contributed by atoms with Gasteiger partial charge in [-0.2, -0.15) is 0 Å². The number of nitrogens with zero attached hydrogens (tertiary/aromatic N) is 4. The van der Waals surface area contributed by atoms with Gasteiger partial charge < -0.3 is 15.8 Å².